The van der Waals surface area contributed by atoms with E-state index in [1.54, 1.807) is 32.4 Å². The van der Waals surface area contributed by atoms with E-state index < -0.39 is 0 Å². The van der Waals surface area contributed by atoms with Gasteiger partial charge in [0.1, 0.15) is 11.5 Å². The molecule has 0 aliphatic rings. The van der Waals surface area contributed by atoms with Crippen LogP contribution >= 0.6 is 0 Å². The first-order valence-electron chi connectivity index (χ1n) is 9.75. The zero-order valence-electron chi connectivity index (χ0n) is 17.8. The minimum absolute atomic E-state index is 0.0767. The van der Waals surface area contributed by atoms with Gasteiger partial charge < -0.3 is 20.1 Å². The number of amides is 1. The summed E-state index contributed by atoms with van der Waals surface area (Å²) >= 11 is 0. The predicted molar refractivity (Wildman–Crippen MR) is 116 cm³/mol. The Hall–Kier alpha value is -2.69. The molecule has 0 heterocycles. The van der Waals surface area contributed by atoms with Crippen molar-refractivity contribution < 1.29 is 14.3 Å². The lowest BCUT2D eigenvalue weighted by Crippen LogP contribution is -2.18. The molecular formula is C23H32N2O3. The molecule has 0 spiro atoms. The summed E-state index contributed by atoms with van der Waals surface area (Å²) in [7, 11) is 3.17. The highest BCUT2D eigenvalue weighted by Gasteiger charge is 2.14. The van der Waals surface area contributed by atoms with Gasteiger partial charge in [-0.15, -0.1) is 0 Å². The van der Waals surface area contributed by atoms with Crippen LogP contribution in [0.15, 0.2) is 36.4 Å². The number of methoxy groups -OCH3 is 2. The molecule has 0 atom stereocenters. The second-order valence-electron chi connectivity index (χ2n) is 7.41. The van der Waals surface area contributed by atoms with Gasteiger partial charge in [0, 0.05) is 24.7 Å². The number of nitrogens with one attached hydrogen (secondary N) is 2. The van der Waals surface area contributed by atoms with Crippen LogP contribution in [0, 0.1) is 0 Å². The van der Waals surface area contributed by atoms with Gasteiger partial charge in [-0.05, 0) is 35.1 Å². The second kappa shape index (κ2) is 10.0. The van der Waals surface area contributed by atoms with Crippen molar-refractivity contribution in [2.45, 2.75) is 46.0 Å². The molecule has 0 aromatic heterocycles. The number of carbonyl (C=O) groups excluding carboxylic acids is 1. The Morgan fingerprint density at radius 1 is 0.964 bits per heavy atom. The zero-order chi connectivity index (χ0) is 20.7. The van der Waals surface area contributed by atoms with Gasteiger partial charge >= 0.3 is 0 Å². The van der Waals surface area contributed by atoms with Gasteiger partial charge in [-0.1, -0.05) is 45.9 Å². The van der Waals surface area contributed by atoms with E-state index in [0.29, 0.717) is 42.0 Å². The Labute approximate surface area is 168 Å². The highest BCUT2D eigenvalue weighted by molar-refractivity contribution is 5.92. The summed E-state index contributed by atoms with van der Waals surface area (Å²) in [5.74, 6) is 2.02. The molecule has 0 aliphatic carbocycles. The molecule has 0 unspecified atom stereocenters. The van der Waals surface area contributed by atoms with Crippen LogP contribution in [-0.4, -0.2) is 26.7 Å². The lowest BCUT2D eigenvalue weighted by Gasteiger charge is -2.21. The number of anilines is 2. The molecule has 0 bridgehead atoms. The standard InChI is InChI=1S/C23H32N2O3/c1-15(2)18-8-7-9-19(16(3)4)23(18)24-13-12-22(26)25-20-14-17(27-5)10-11-21(20)28-6/h7-11,14-16,24H,12-13H2,1-6H3,(H,25,26). The molecular weight excluding hydrogens is 352 g/mol. The van der Waals surface area contributed by atoms with Crippen LogP contribution in [0.3, 0.4) is 0 Å². The van der Waals surface area contributed by atoms with Crippen LogP contribution < -0.4 is 20.1 Å². The third-order valence-corrected chi connectivity index (χ3v) is 4.71. The molecule has 1 amide bonds. The van der Waals surface area contributed by atoms with Crippen LogP contribution in [0.2, 0.25) is 0 Å². The molecule has 0 aliphatic heterocycles. The molecule has 0 radical (unpaired) electrons. The minimum atomic E-state index is -0.0767. The minimum Gasteiger partial charge on any atom is -0.497 e. The number of carbonyl (C=O) groups is 1. The van der Waals surface area contributed by atoms with Gasteiger partial charge in [-0.25, -0.2) is 0 Å². The Morgan fingerprint density at radius 2 is 1.61 bits per heavy atom. The number of ether oxygens (including phenoxy) is 2. The quantitative estimate of drug-likeness (QED) is 0.608. The lowest BCUT2D eigenvalue weighted by atomic mass is 9.92. The fourth-order valence-electron chi connectivity index (χ4n) is 3.18. The molecule has 5 heteroatoms. The fraction of sp³-hybridized carbons (Fsp3) is 0.435. The van der Waals surface area contributed by atoms with E-state index in [9.17, 15) is 4.79 Å². The van der Waals surface area contributed by atoms with Gasteiger partial charge in [-0.3, -0.25) is 4.79 Å². The van der Waals surface area contributed by atoms with Gasteiger partial charge in [-0.2, -0.15) is 0 Å². The van der Waals surface area contributed by atoms with Crippen LogP contribution in [-0.2, 0) is 4.79 Å². The summed E-state index contributed by atoms with van der Waals surface area (Å²) in [4.78, 5) is 12.5. The van der Waals surface area contributed by atoms with Crippen LogP contribution in [0.25, 0.3) is 0 Å². The highest BCUT2D eigenvalue weighted by Crippen LogP contribution is 2.32. The third-order valence-electron chi connectivity index (χ3n) is 4.71. The van der Waals surface area contributed by atoms with Crippen molar-refractivity contribution in [3.05, 3.63) is 47.5 Å². The van der Waals surface area contributed by atoms with E-state index in [1.807, 2.05) is 0 Å². The highest BCUT2D eigenvalue weighted by atomic mass is 16.5. The van der Waals surface area contributed by atoms with E-state index in [1.165, 1.54) is 11.1 Å². The van der Waals surface area contributed by atoms with E-state index >= 15 is 0 Å². The van der Waals surface area contributed by atoms with Gasteiger partial charge in [0.05, 0.1) is 19.9 Å². The van der Waals surface area contributed by atoms with Crippen LogP contribution in [0.1, 0.15) is 57.1 Å². The van der Waals surface area contributed by atoms with Crippen LogP contribution in [0.4, 0.5) is 11.4 Å². The molecule has 0 saturated heterocycles. The fourth-order valence-corrected chi connectivity index (χ4v) is 3.18. The normalized spacial score (nSPS) is 10.9. The molecule has 5 nitrogen and oxygen atoms in total. The summed E-state index contributed by atoms with van der Waals surface area (Å²) in [5, 5.41) is 6.41. The van der Waals surface area contributed by atoms with Gasteiger partial charge in [0.25, 0.3) is 0 Å². The van der Waals surface area contributed by atoms with E-state index in [4.69, 9.17) is 9.47 Å². The molecule has 0 fully saturated rings. The van der Waals surface area contributed by atoms with E-state index in [-0.39, 0.29) is 5.91 Å². The summed E-state index contributed by atoms with van der Waals surface area (Å²) in [5.41, 5.74) is 4.32. The SMILES string of the molecule is COc1ccc(OC)c(NC(=O)CCNc2c(C(C)C)cccc2C(C)C)c1. The maximum absolute atomic E-state index is 12.5. The summed E-state index contributed by atoms with van der Waals surface area (Å²) in [6, 6.07) is 11.7. The maximum Gasteiger partial charge on any atom is 0.226 e. The van der Waals surface area contributed by atoms with Crippen molar-refractivity contribution in [2.24, 2.45) is 0 Å². The summed E-state index contributed by atoms with van der Waals surface area (Å²) in [6.45, 7) is 9.30. The summed E-state index contributed by atoms with van der Waals surface area (Å²) in [6.07, 6.45) is 0.352. The van der Waals surface area contributed by atoms with Crippen molar-refractivity contribution in [3.8, 4) is 11.5 Å². The number of para-hydroxylation sites is 1. The van der Waals surface area contributed by atoms with Crippen molar-refractivity contribution in [2.75, 3.05) is 31.4 Å². The third kappa shape index (κ3) is 5.41. The predicted octanol–water partition coefficient (Wildman–Crippen LogP) is 5.39. The van der Waals surface area contributed by atoms with E-state index in [2.05, 4.69) is 56.5 Å². The average molecular weight is 385 g/mol. The molecule has 2 aromatic carbocycles. The smallest absolute Gasteiger partial charge is 0.226 e. The first-order valence-corrected chi connectivity index (χ1v) is 9.75. The Morgan fingerprint density at radius 3 is 2.14 bits per heavy atom. The zero-order valence-corrected chi connectivity index (χ0v) is 17.8. The maximum atomic E-state index is 12.5. The molecule has 28 heavy (non-hydrogen) atoms. The largest absolute Gasteiger partial charge is 0.497 e. The lowest BCUT2D eigenvalue weighted by molar-refractivity contribution is -0.116. The molecule has 0 saturated carbocycles. The number of hydrogen-bond acceptors (Lipinski definition) is 4. The van der Waals surface area contributed by atoms with Crippen molar-refractivity contribution in [3.63, 3.8) is 0 Å². The van der Waals surface area contributed by atoms with Crippen molar-refractivity contribution in [1.82, 2.24) is 0 Å². The number of hydrogen-bond donors (Lipinski definition) is 2. The monoisotopic (exact) mass is 384 g/mol. The van der Waals surface area contributed by atoms with Gasteiger partial charge in [0.15, 0.2) is 0 Å². The topological polar surface area (TPSA) is 59.6 Å². The number of benzene rings is 2. The average Bonchev–Trinajstić information content (AvgIpc) is 2.67. The van der Waals surface area contributed by atoms with Crippen molar-refractivity contribution >= 4 is 17.3 Å². The van der Waals surface area contributed by atoms with E-state index in [0.717, 1.165) is 5.69 Å². The molecule has 2 N–H and O–H groups in total. The second-order valence-corrected chi connectivity index (χ2v) is 7.41. The Balaban J connectivity index is 2.05. The van der Waals surface area contributed by atoms with Crippen molar-refractivity contribution in [1.29, 1.82) is 0 Å². The van der Waals surface area contributed by atoms with Gasteiger partial charge in [0.2, 0.25) is 5.91 Å². The molecule has 152 valence electrons. The number of rotatable bonds is 9. The Kier molecular flexibility index (Phi) is 7.73. The molecule has 2 rings (SSSR count). The summed E-state index contributed by atoms with van der Waals surface area (Å²) < 4.78 is 10.5. The first-order chi connectivity index (χ1) is 13.4. The first kappa shape index (κ1) is 21.6. The molecule has 2 aromatic rings. The Bertz CT molecular complexity index is 774. The van der Waals surface area contributed by atoms with Crippen LogP contribution in [0.5, 0.6) is 11.5 Å².